The van der Waals surface area contributed by atoms with Crippen molar-refractivity contribution in [1.29, 1.82) is 0 Å². The highest BCUT2D eigenvalue weighted by molar-refractivity contribution is 6.30. The smallest absolute Gasteiger partial charge is 0.266 e. The molecule has 3 aromatic carbocycles. The third kappa shape index (κ3) is 4.95. The molecule has 4 rings (SSSR count). The molecule has 0 bridgehead atoms. The average molecular weight is 496 g/mol. The molecule has 1 unspecified atom stereocenters. The molecule has 0 spiro atoms. The number of para-hydroxylation sites is 1. The van der Waals surface area contributed by atoms with E-state index in [-0.39, 0.29) is 27.9 Å². The lowest BCUT2D eigenvalue weighted by Gasteiger charge is -2.32. The normalized spacial score (nSPS) is 12.2. The number of halogens is 3. The van der Waals surface area contributed by atoms with E-state index in [1.807, 2.05) is 13.8 Å². The van der Waals surface area contributed by atoms with Crippen molar-refractivity contribution < 1.29 is 13.6 Å². The number of benzene rings is 3. The predicted octanol–water partition coefficient (Wildman–Crippen LogP) is 6.18. The number of nitrogens with zero attached hydrogens (tertiary/aromatic N) is 3. The SMILES string of the molecule is CC(C)CN(C(=O)c1cccc(F)c1)C(C)c1nc2ccccc2c(=O)n1-c1ccc(F)c(Cl)c1. The van der Waals surface area contributed by atoms with Crippen LogP contribution in [0, 0.1) is 17.6 Å². The van der Waals surface area contributed by atoms with Gasteiger partial charge in [-0.3, -0.25) is 14.2 Å². The van der Waals surface area contributed by atoms with Crippen LogP contribution in [-0.4, -0.2) is 26.9 Å². The molecule has 0 saturated heterocycles. The summed E-state index contributed by atoms with van der Waals surface area (Å²) < 4.78 is 29.1. The van der Waals surface area contributed by atoms with Crippen molar-refractivity contribution in [2.75, 3.05) is 6.54 Å². The fourth-order valence-corrected chi connectivity index (χ4v) is 4.22. The summed E-state index contributed by atoms with van der Waals surface area (Å²) in [5.41, 5.74) is 0.607. The summed E-state index contributed by atoms with van der Waals surface area (Å²) >= 11 is 6.03. The van der Waals surface area contributed by atoms with E-state index in [4.69, 9.17) is 16.6 Å². The molecule has 0 radical (unpaired) electrons. The van der Waals surface area contributed by atoms with Crippen LogP contribution in [0.15, 0.2) is 71.5 Å². The predicted molar refractivity (Wildman–Crippen MR) is 133 cm³/mol. The second-order valence-corrected chi connectivity index (χ2v) is 9.17. The Hall–Kier alpha value is -3.58. The van der Waals surface area contributed by atoms with E-state index < -0.39 is 23.6 Å². The lowest BCUT2D eigenvalue weighted by molar-refractivity contribution is 0.0654. The van der Waals surface area contributed by atoms with Gasteiger partial charge in [-0.1, -0.05) is 43.6 Å². The zero-order valence-electron chi connectivity index (χ0n) is 19.5. The topological polar surface area (TPSA) is 55.2 Å². The maximum absolute atomic E-state index is 13.9. The monoisotopic (exact) mass is 495 g/mol. The Balaban J connectivity index is 1.94. The first-order valence-corrected chi connectivity index (χ1v) is 11.6. The molecule has 0 N–H and O–H groups in total. The third-order valence-corrected chi connectivity index (χ3v) is 5.99. The van der Waals surface area contributed by atoms with Crippen LogP contribution in [-0.2, 0) is 0 Å². The highest BCUT2D eigenvalue weighted by atomic mass is 35.5. The van der Waals surface area contributed by atoms with Crippen molar-refractivity contribution in [2.45, 2.75) is 26.8 Å². The molecule has 1 heterocycles. The fourth-order valence-electron chi connectivity index (χ4n) is 4.04. The minimum atomic E-state index is -0.686. The molecule has 4 aromatic rings. The first-order chi connectivity index (χ1) is 16.7. The largest absolute Gasteiger partial charge is 0.328 e. The van der Waals surface area contributed by atoms with Crippen molar-refractivity contribution in [3.63, 3.8) is 0 Å². The summed E-state index contributed by atoms with van der Waals surface area (Å²) in [5, 5.41) is 0.229. The van der Waals surface area contributed by atoms with Gasteiger partial charge in [-0.2, -0.15) is 0 Å². The standard InChI is InChI=1S/C27H24ClF2N3O2/c1-16(2)15-32(26(34)18-7-6-8-19(29)13-18)17(3)25-31-24-10-5-4-9-21(24)27(35)33(25)20-11-12-23(30)22(28)14-20/h4-14,16-17H,15H2,1-3H3. The van der Waals surface area contributed by atoms with Gasteiger partial charge in [0.15, 0.2) is 0 Å². The van der Waals surface area contributed by atoms with Crippen LogP contribution in [0.5, 0.6) is 0 Å². The zero-order valence-corrected chi connectivity index (χ0v) is 20.3. The Bertz CT molecular complexity index is 1470. The zero-order chi connectivity index (χ0) is 25.3. The van der Waals surface area contributed by atoms with Crippen LogP contribution in [0.4, 0.5) is 8.78 Å². The van der Waals surface area contributed by atoms with Crippen molar-refractivity contribution in [2.24, 2.45) is 5.92 Å². The first-order valence-electron chi connectivity index (χ1n) is 11.2. The van der Waals surface area contributed by atoms with Gasteiger partial charge in [0.2, 0.25) is 0 Å². The summed E-state index contributed by atoms with van der Waals surface area (Å²) in [7, 11) is 0. The molecule has 1 atom stereocenters. The molecular formula is C27H24ClF2N3O2. The lowest BCUT2D eigenvalue weighted by atomic mass is 10.1. The Morgan fingerprint density at radius 2 is 1.77 bits per heavy atom. The number of carbonyl (C=O) groups excluding carboxylic acids is 1. The number of carbonyl (C=O) groups is 1. The van der Waals surface area contributed by atoms with Gasteiger partial charge < -0.3 is 4.90 Å². The van der Waals surface area contributed by atoms with Gasteiger partial charge in [0.1, 0.15) is 17.5 Å². The van der Waals surface area contributed by atoms with Gasteiger partial charge in [0.05, 0.1) is 27.7 Å². The number of hydrogen-bond acceptors (Lipinski definition) is 3. The van der Waals surface area contributed by atoms with E-state index in [1.54, 1.807) is 42.2 Å². The van der Waals surface area contributed by atoms with Crippen molar-refractivity contribution in [3.8, 4) is 5.69 Å². The quantitative estimate of drug-likeness (QED) is 0.321. The summed E-state index contributed by atoms with van der Waals surface area (Å²) in [6, 6.07) is 15.6. The molecule has 35 heavy (non-hydrogen) atoms. The maximum Gasteiger partial charge on any atom is 0.266 e. The van der Waals surface area contributed by atoms with Gasteiger partial charge >= 0.3 is 0 Å². The summed E-state index contributed by atoms with van der Waals surface area (Å²) in [5.74, 6) is -1.17. The third-order valence-electron chi connectivity index (χ3n) is 5.70. The molecular weight excluding hydrogens is 472 g/mol. The molecule has 0 aliphatic rings. The van der Waals surface area contributed by atoms with E-state index in [0.717, 1.165) is 0 Å². The van der Waals surface area contributed by atoms with Gasteiger partial charge in [0.25, 0.3) is 11.5 Å². The summed E-state index contributed by atoms with van der Waals surface area (Å²) in [4.78, 5) is 33.4. The number of aromatic nitrogens is 2. The Kier molecular flexibility index (Phi) is 6.98. The number of rotatable bonds is 6. The van der Waals surface area contributed by atoms with Gasteiger partial charge in [0, 0.05) is 12.1 Å². The van der Waals surface area contributed by atoms with Gasteiger partial charge in [-0.25, -0.2) is 13.8 Å². The molecule has 1 amide bonds. The second-order valence-electron chi connectivity index (χ2n) is 8.76. The minimum absolute atomic E-state index is 0.0795. The van der Waals surface area contributed by atoms with E-state index in [0.29, 0.717) is 23.1 Å². The molecule has 1 aromatic heterocycles. The maximum atomic E-state index is 13.9. The first kappa shape index (κ1) is 24.5. The number of hydrogen-bond donors (Lipinski definition) is 0. The van der Waals surface area contributed by atoms with Gasteiger partial charge in [-0.05, 0) is 61.4 Å². The Labute approximate surface area is 206 Å². The lowest BCUT2D eigenvalue weighted by Crippen LogP contribution is -2.39. The van der Waals surface area contributed by atoms with Crippen molar-refractivity contribution >= 4 is 28.4 Å². The van der Waals surface area contributed by atoms with Gasteiger partial charge in [-0.15, -0.1) is 0 Å². The highest BCUT2D eigenvalue weighted by Crippen LogP contribution is 2.27. The van der Waals surface area contributed by atoms with E-state index >= 15 is 0 Å². The molecule has 5 nitrogen and oxygen atoms in total. The van der Waals surface area contributed by atoms with Crippen molar-refractivity contribution in [1.82, 2.24) is 14.5 Å². The minimum Gasteiger partial charge on any atom is -0.328 e. The molecule has 0 fully saturated rings. The second kappa shape index (κ2) is 9.96. The Morgan fingerprint density at radius 1 is 1.03 bits per heavy atom. The van der Waals surface area contributed by atoms with Crippen LogP contribution in [0.25, 0.3) is 16.6 Å². The van der Waals surface area contributed by atoms with Crippen LogP contribution in [0.1, 0.15) is 43.0 Å². The highest BCUT2D eigenvalue weighted by Gasteiger charge is 2.28. The summed E-state index contributed by atoms with van der Waals surface area (Å²) in [6.07, 6.45) is 0. The molecule has 0 aliphatic heterocycles. The van der Waals surface area contributed by atoms with E-state index in [9.17, 15) is 18.4 Å². The van der Waals surface area contributed by atoms with Crippen molar-refractivity contribution in [3.05, 3.63) is 105 Å². The number of fused-ring (bicyclic) bond motifs is 1. The van der Waals surface area contributed by atoms with Crippen LogP contribution in [0.2, 0.25) is 5.02 Å². The van der Waals surface area contributed by atoms with E-state index in [2.05, 4.69) is 0 Å². The van der Waals surface area contributed by atoms with Crippen LogP contribution in [0.3, 0.4) is 0 Å². The molecule has 0 saturated carbocycles. The van der Waals surface area contributed by atoms with Crippen LogP contribution < -0.4 is 5.56 Å². The Morgan fingerprint density at radius 3 is 2.46 bits per heavy atom. The average Bonchev–Trinajstić information content (AvgIpc) is 2.83. The molecule has 180 valence electrons. The van der Waals surface area contributed by atoms with Crippen LogP contribution >= 0.6 is 11.6 Å². The molecule has 0 aliphatic carbocycles. The fraction of sp³-hybridized carbons (Fsp3) is 0.222. The summed E-state index contributed by atoms with van der Waals surface area (Å²) in [6.45, 7) is 6.01. The van der Waals surface area contributed by atoms with E-state index in [1.165, 1.54) is 41.0 Å². The molecule has 8 heteroatoms. The number of amides is 1.